The molecule has 0 atom stereocenters. The van der Waals surface area contributed by atoms with Crippen molar-refractivity contribution in [3.63, 3.8) is 0 Å². The maximum Gasteiger partial charge on any atom is 0.335 e. The molecule has 0 aromatic heterocycles. The smallest absolute Gasteiger partial charge is 0.335 e. The Labute approximate surface area is 128 Å². The van der Waals surface area contributed by atoms with Crippen molar-refractivity contribution >= 4 is 33.5 Å². The first-order valence-electron chi connectivity index (χ1n) is 5.99. The van der Waals surface area contributed by atoms with Crippen LogP contribution in [0, 0.1) is 12.7 Å². The number of carbonyl (C=O) groups excluding carboxylic acids is 1. The van der Waals surface area contributed by atoms with E-state index >= 15 is 0 Å². The van der Waals surface area contributed by atoms with Crippen molar-refractivity contribution in [2.24, 2.45) is 0 Å². The van der Waals surface area contributed by atoms with Gasteiger partial charge in [0.1, 0.15) is 5.82 Å². The Balaban J connectivity index is 2.21. The molecule has 0 fully saturated rings. The largest absolute Gasteiger partial charge is 0.478 e. The average Bonchev–Trinajstić information content (AvgIpc) is 2.41. The fourth-order valence-corrected chi connectivity index (χ4v) is 2.07. The highest BCUT2D eigenvalue weighted by molar-refractivity contribution is 9.10. The maximum absolute atomic E-state index is 13.4. The van der Waals surface area contributed by atoms with Gasteiger partial charge in [-0.3, -0.25) is 4.79 Å². The molecule has 0 spiro atoms. The predicted molar refractivity (Wildman–Crippen MR) is 80.2 cm³/mol. The Bertz CT molecular complexity index is 731. The number of aryl methyl sites for hydroxylation is 1. The molecule has 4 nitrogen and oxygen atoms in total. The summed E-state index contributed by atoms with van der Waals surface area (Å²) >= 11 is 3.01. The summed E-state index contributed by atoms with van der Waals surface area (Å²) in [5.74, 6) is -2.02. The zero-order valence-electron chi connectivity index (χ0n) is 11.0. The highest BCUT2D eigenvalue weighted by Crippen LogP contribution is 2.19. The molecule has 0 heterocycles. The molecule has 0 aliphatic carbocycles. The van der Waals surface area contributed by atoms with Gasteiger partial charge in [-0.05, 0) is 64.8 Å². The molecule has 0 aliphatic heterocycles. The molecular weight excluding hydrogens is 341 g/mol. The SMILES string of the molecule is Cc1cc(NC(=O)c2ccc(Br)c(F)c2)ccc1C(=O)O. The summed E-state index contributed by atoms with van der Waals surface area (Å²) in [6, 6.07) is 8.51. The van der Waals surface area contributed by atoms with Crippen molar-refractivity contribution in [1.82, 2.24) is 0 Å². The topological polar surface area (TPSA) is 66.4 Å². The third-order valence-corrected chi connectivity index (χ3v) is 3.54. The maximum atomic E-state index is 13.4. The van der Waals surface area contributed by atoms with Gasteiger partial charge in [-0.2, -0.15) is 0 Å². The summed E-state index contributed by atoms with van der Waals surface area (Å²) in [4.78, 5) is 22.9. The lowest BCUT2D eigenvalue weighted by Gasteiger charge is -2.08. The molecule has 2 rings (SSSR count). The summed E-state index contributed by atoms with van der Waals surface area (Å²) < 4.78 is 13.7. The van der Waals surface area contributed by atoms with Gasteiger partial charge in [0.05, 0.1) is 10.0 Å². The Morgan fingerprint density at radius 2 is 1.90 bits per heavy atom. The number of nitrogens with one attached hydrogen (secondary N) is 1. The molecule has 2 aromatic rings. The summed E-state index contributed by atoms with van der Waals surface area (Å²) in [7, 11) is 0. The fraction of sp³-hybridized carbons (Fsp3) is 0.0667. The number of hydrogen-bond acceptors (Lipinski definition) is 2. The molecule has 1 amide bonds. The van der Waals surface area contributed by atoms with E-state index in [1.165, 1.54) is 24.3 Å². The van der Waals surface area contributed by atoms with Crippen molar-refractivity contribution in [1.29, 1.82) is 0 Å². The van der Waals surface area contributed by atoms with E-state index in [0.29, 0.717) is 11.3 Å². The van der Waals surface area contributed by atoms with E-state index in [4.69, 9.17) is 5.11 Å². The van der Waals surface area contributed by atoms with Crippen LogP contribution in [0.1, 0.15) is 26.3 Å². The fourth-order valence-electron chi connectivity index (χ4n) is 1.82. The number of anilines is 1. The van der Waals surface area contributed by atoms with Crippen molar-refractivity contribution < 1.29 is 19.1 Å². The summed E-state index contributed by atoms with van der Waals surface area (Å²) in [5.41, 5.74) is 1.33. The van der Waals surface area contributed by atoms with E-state index < -0.39 is 17.7 Å². The molecule has 2 aromatic carbocycles. The third-order valence-electron chi connectivity index (χ3n) is 2.90. The van der Waals surface area contributed by atoms with E-state index in [1.54, 1.807) is 13.0 Å². The number of halogens is 2. The normalized spacial score (nSPS) is 10.2. The quantitative estimate of drug-likeness (QED) is 0.882. The molecule has 2 N–H and O–H groups in total. The number of hydrogen-bond donors (Lipinski definition) is 2. The molecule has 21 heavy (non-hydrogen) atoms. The highest BCUT2D eigenvalue weighted by atomic mass is 79.9. The number of amides is 1. The molecular formula is C15H11BrFNO3. The van der Waals surface area contributed by atoms with Gasteiger partial charge in [0, 0.05) is 11.3 Å². The lowest BCUT2D eigenvalue weighted by molar-refractivity contribution is 0.0696. The lowest BCUT2D eigenvalue weighted by Crippen LogP contribution is -2.12. The van der Waals surface area contributed by atoms with Gasteiger partial charge in [0.2, 0.25) is 0 Å². The minimum atomic E-state index is -1.03. The number of rotatable bonds is 3. The van der Waals surface area contributed by atoms with Crippen LogP contribution in [0.3, 0.4) is 0 Å². The highest BCUT2D eigenvalue weighted by Gasteiger charge is 2.11. The molecule has 0 saturated heterocycles. The standard InChI is InChI=1S/C15H11BrFNO3/c1-8-6-10(3-4-11(8)15(20)21)18-14(19)9-2-5-12(16)13(17)7-9/h2-7H,1H3,(H,18,19)(H,20,21). The van der Waals surface area contributed by atoms with Crippen LogP contribution in [0.15, 0.2) is 40.9 Å². The van der Waals surface area contributed by atoms with E-state index in [9.17, 15) is 14.0 Å². The second-order valence-electron chi connectivity index (χ2n) is 4.42. The Morgan fingerprint density at radius 3 is 2.48 bits per heavy atom. The van der Waals surface area contributed by atoms with Gasteiger partial charge in [-0.15, -0.1) is 0 Å². The second kappa shape index (κ2) is 6.05. The first kappa shape index (κ1) is 15.2. The van der Waals surface area contributed by atoms with Crippen LogP contribution in [0.5, 0.6) is 0 Å². The minimum Gasteiger partial charge on any atom is -0.478 e. The van der Waals surface area contributed by atoms with Crippen molar-refractivity contribution in [2.45, 2.75) is 6.92 Å². The Kier molecular flexibility index (Phi) is 4.37. The zero-order valence-corrected chi connectivity index (χ0v) is 12.6. The van der Waals surface area contributed by atoms with Crippen molar-refractivity contribution in [3.05, 3.63) is 63.4 Å². The van der Waals surface area contributed by atoms with Gasteiger partial charge in [0.15, 0.2) is 0 Å². The van der Waals surface area contributed by atoms with Crippen LogP contribution in [0.25, 0.3) is 0 Å². The summed E-state index contributed by atoms with van der Waals surface area (Å²) in [5, 5.41) is 11.5. The number of carbonyl (C=O) groups is 2. The molecule has 6 heteroatoms. The molecule has 0 saturated carbocycles. The molecule has 0 unspecified atom stereocenters. The average molecular weight is 352 g/mol. The zero-order chi connectivity index (χ0) is 15.6. The first-order chi connectivity index (χ1) is 9.88. The molecule has 0 radical (unpaired) electrons. The van der Waals surface area contributed by atoms with Crippen LogP contribution in [-0.4, -0.2) is 17.0 Å². The van der Waals surface area contributed by atoms with E-state index in [-0.39, 0.29) is 15.6 Å². The van der Waals surface area contributed by atoms with Crippen LogP contribution >= 0.6 is 15.9 Å². The summed E-state index contributed by atoms with van der Waals surface area (Å²) in [6.07, 6.45) is 0. The number of aromatic carboxylic acids is 1. The van der Waals surface area contributed by atoms with E-state index in [1.807, 2.05) is 0 Å². The van der Waals surface area contributed by atoms with E-state index in [2.05, 4.69) is 21.2 Å². The number of carboxylic acids is 1. The number of benzene rings is 2. The van der Waals surface area contributed by atoms with Gasteiger partial charge in [0.25, 0.3) is 5.91 Å². The lowest BCUT2D eigenvalue weighted by atomic mass is 10.1. The molecule has 0 bridgehead atoms. The van der Waals surface area contributed by atoms with Gasteiger partial charge in [-0.25, -0.2) is 9.18 Å². The van der Waals surface area contributed by atoms with Gasteiger partial charge >= 0.3 is 5.97 Å². The number of carboxylic acid groups (broad SMARTS) is 1. The first-order valence-corrected chi connectivity index (χ1v) is 6.78. The van der Waals surface area contributed by atoms with Crippen LogP contribution < -0.4 is 5.32 Å². The van der Waals surface area contributed by atoms with Crippen LogP contribution in [0.2, 0.25) is 0 Å². The van der Waals surface area contributed by atoms with Crippen LogP contribution in [-0.2, 0) is 0 Å². The van der Waals surface area contributed by atoms with Crippen molar-refractivity contribution in [2.75, 3.05) is 5.32 Å². The minimum absolute atomic E-state index is 0.169. The Hall–Kier alpha value is -2.21. The van der Waals surface area contributed by atoms with Gasteiger partial charge < -0.3 is 10.4 Å². The third kappa shape index (κ3) is 3.46. The van der Waals surface area contributed by atoms with Crippen molar-refractivity contribution in [3.8, 4) is 0 Å². The monoisotopic (exact) mass is 351 g/mol. The van der Waals surface area contributed by atoms with Crippen LogP contribution in [0.4, 0.5) is 10.1 Å². The Morgan fingerprint density at radius 1 is 1.19 bits per heavy atom. The predicted octanol–water partition coefficient (Wildman–Crippen LogP) is 3.85. The molecule has 108 valence electrons. The van der Waals surface area contributed by atoms with Gasteiger partial charge in [-0.1, -0.05) is 0 Å². The second-order valence-corrected chi connectivity index (χ2v) is 5.27. The summed E-state index contributed by atoms with van der Waals surface area (Å²) in [6.45, 7) is 1.64. The molecule has 0 aliphatic rings. The van der Waals surface area contributed by atoms with E-state index in [0.717, 1.165) is 6.07 Å².